The first-order valence-electron chi connectivity index (χ1n) is 16.3. The minimum atomic E-state index is -2.92. The van der Waals surface area contributed by atoms with Crippen molar-refractivity contribution in [2.75, 3.05) is 0 Å². The predicted molar refractivity (Wildman–Crippen MR) is 197 cm³/mol. The Morgan fingerprint density at radius 3 is 1.67 bits per heavy atom. The predicted octanol–water partition coefficient (Wildman–Crippen LogP) is 11.4. The number of hydrogen-bond acceptors (Lipinski definition) is 2. The molecule has 2 nitrogen and oxygen atoms in total. The van der Waals surface area contributed by atoms with Gasteiger partial charge in [-0.15, -0.1) is 0 Å². The minimum absolute atomic E-state index is 0.400. The molecule has 0 fully saturated rings. The molecule has 0 radical (unpaired) electrons. The van der Waals surface area contributed by atoms with Crippen LogP contribution in [-0.2, 0) is 15.1 Å². The second-order valence-electron chi connectivity index (χ2n) is 12.7. The highest BCUT2D eigenvalue weighted by atomic mass is 32.2. The molecule has 3 heteroatoms. The van der Waals surface area contributed by atoms with Crippen LogP contribution in [0.15, 0.2) is 179 Å². The lowest BCUT2D eigenvalue weighted by molar-refractivity contribution is 0.683. The van der Waals surface area contributed by atoms with Crippen LogP contribution in [0.4, 0.5) is 5.69 Å². The number of benzene rings is 7. The number of fused-ring (bicyclic) bond motifs is 11. The molecule has 1 spiro atoms. The van der Waals surface area contributed by atoms with E-state index in [1.54, 1.807) is 0 Å². The van der Waals surface area contributed by atoms with Crippen molar-refractivity contribution in [3.63, 3.8) is 0 Å². The van der Waals surface area contributed by atoms with Crippen LogP contribution in [0.1, 0.15) is 33.4 Å². The molecule has 2 aliphatic carbocycles. The zero-order chi connectivity index (χ0) is 31.9. The topological polar surface area (TPSA) is 29.4 Å². The monoisotopic (exact) mass is 631 g/mol. The van der Waals surface area contributed by atoms with Gasteiger partial charge < -0.3 is 0 Å². The van der Waals surface area contributed by atoms with Crippen LogP contribution in [-0.4, -0.2) is 4.21 Å². The van der Waals surface area contributed by atoms with Gasteiger partial charge in [-0.2, -0.15) is 4.36 Å². The van der Waals surface area contributed by atoms with E-state index in [4.69, 9.17) is 4.36 Å². The molecule has 48 heavy (non-hydrogen) atoms. The van der Waals surface area contributed by atoms with Gasteiger partial charge in [-0.05, 0) is 97.6 Å². The molecule has 0 saturated carbocycles. The third-order valence-electron chi connectivity index (χ3n) is 10.3. The van der Waals surface area contributed by atoms with Gasteiger partial charge in [0.1, 0.15) is 9.73 Å². The van der Waals surface area contributed by atoms with Crippen molar-refractivity contribution in [1.82, 2.24) is 0 Å². The van der Waals surface area contributed by atoms with E-state index < -0.39 is 15.1 Å². The fourth-order valence-electron chi connectivity index (χ4n) is 8.26. The molecule has 7 aromatic rings. The van der Waals surface area contributed by atoms with E-state index >= 15 is 0 Å². The minimum Gasteiger partial charge on any atom is -0.239 e. The maximum atomic E-state index is 15.0. The van der Waals surface area contributed by atoms with Crippen molar-refractivity contribution < 1.29 is 4.21 Å². The van der Waals surface area contributed by atoms with Crippen molar-refractivity contribution >= 4 is 26.4 Å². The van der Waals surface area contributed by atoms with Gasteiger partial charge >= 0.3 is 0 Å². The molecule has 0 saturated heterocycles. The summed E-state index contributed by atoms with van der Waals surface area (Å²) in [7, 11) is -2.92. The number of rotatable bonds is 3. The molecule has 0 N–H and O–H groups in total. The molecule has 1 aliphatic heterocycles. The Morgan fingerprint density at radius 1 is 0.438 bits per heavy atom. The quantitative estimate of drug-likeness (QED) is 0.191. The average molecular weight is 632 g/mol. The summed E-state index contributed by atoms with van der Waals surface area (Å²) in [5.74, 6) is 0. The van der Waals surface area contributed by atoms with Crippen LogP contribution in [0, 0.1) is 0 Å². The van der Waals surface area contributed by atoms with E-state index in [1.165, 1.54) is 44.5 Å². The fraction of sp³-hybridized carbons (Fsp3) is 0.0222. The summed E-state index contributed by atoms with van der Waals surface area (Å²) in [5, 5.41) is 0. The van der Waals surface area contributed by atoms with Crippen LogP contribution in [0.5, 0.6) is 0 Å². The zero-order valence-electron chi connectivity index (χ0n) is 26.0. The van der Waals surface area contributed by atoms with Gasteiger partial charge in [-0.1, -0.05) is 140 Å². The van der Waals surface area contributed by atoms with Crippen molar-refractivity contribution in [2.24, 2.45) is 4.36 Å². The molecule has 7 aromatic carbocycles. The molecule has 0 aromatic heterocycles. The first kappa shape index (κ1) is 27.4. The van der Waals surface area contributed by atoms with Crippen molar-refractivity contribution in [3.05, 3.63) is 203 Å². The average Bonchev–Trinajstić information content (AvgIpc) is 3.62. The summed E-state index contributed by atoms with van der Waals surface area (Å²) in [5.41, 5.74) is 14.9. The lowest BCUT2D eigenvalue weighted by Gasteiger charge is -2.30. The molecule has 0 bridgehead atoms. The highest BCUT2D eigenvalue weighted by molar-refractivity contribution is 8.03. The van der Waals surface area contributed by atoms with Crippen LogP contribution in [0.2, 0.25) is 0 Å². The van der Waals surface area contributed by atoms with E-state index in [9.17, 15) is 4.21 Å². The van der Waals surface area contributed by atoms with Gasteiger partial charge in [0, 0.05) is 5.56 Å². The van der Waals surface area contributed by atoms with E-state index in [-0.39, 0.29) is 0 Å². The maximum Gasteiger partial charge on any atom is 0.109 e. The second-order valence-corrected chi connectivity index (χ2v) is 14.9. The van der Waals surface area contributed by atoms with E-state index in [0.717, 1.165) is 32.8 Å². The van der Waals surface area contributed by atoms with Gasteiger partial charge in [-0.3, -0.25) is 0 Å². The molecule has 1 unspecified atom stereocenters. The van der Waals surface area contributed by atoms with Gasteiger partial charge in [0.2, 0.25) is 0 Å². The fourth-order valence-corrected chi connectivity index (χ4v) is 10.4. The second kappa shape index (κ2) is 10.1. The lowest BCUT2D eigenvalue weighted by atomic mass is 9.70. The van der Waals surface area contributed by atoms with Gasteiger partial charge in [0.05, 0.1) is 20.9 Å². The van der Waals surface area contributed by atoms with Crippen LogP contribution < -0.4 is 0 Å². The Morgan fingerprint density at radius 2 is 0.979 bits per heavy atom. The summed E-state index contributed by atoms with van der Waals surface area (Å²) < 4.78 is 19.9. The van der Waals surface area contributed by atoms with E-state index in [1.807, 2.05) is 54.6 Å². The van der Waals surface area contributed by atoms with E-state index in [0.29, 0.717) is 4.90 Å². The van der Waals surface area contributed by atoms with Crippen molar-refractivity contribution in [3.8, 4) is 33.4 Å². The molecule has 1 heterocycles. The lowest BCUT2D eigenvalue weighted by Crippen LogP contribution is -2.25. The summed E-state index contributed by atoms with van der Waals surface area (Å²) in [4.78, 5) is 1.45. The Labute approximate surface area is 280 Å². The Bertz CT molecular complexity index is 2560. The van der Waals surface area contributed by atoms with Crippen LogP contribution in [0.3, 0.4) is 0 Å². The zero-order valence-corrected chi connectivity index (χ0v) is 26.8. The molecular formula is C45H29NOS. The Balaban J connectivity index is 1.18. The summed E-state index contributed by atoms with van der Waals surface area (Å²) in [6, 6.07) is 59.7. The molecule has 0 amide bonds. The summed E-state index contributed by atoms with van der Waals surface area (Å²) >= 11 is 0. The molecule has 10 rings (SSSR count). The molecule has 226 valence electrons. The highest BCUT2D eigenvalue weighted by Crippen LogP contribution is 2.63. The third-order valence-corrected chi connectivity index (χ3v) is 12.6. The van der Waals surface area contributed by atoms with Crippen molar-refractivity contribution in [1.29, 1.82) is 0 Å². The smallest absolute Gasteiger partial charge is 0.109 e. The van der Waals surface area contributed by atoms with Crippen molar-refractivity contribution in [2.45, 2.75) is 10.3 Å². The van der Waals surface area contributed by atoms with E-state index in [2.05, 4.69) is 121 Å². The molecule has 3 aliphatic rings. The van der Waals surface area contributed by atoms with Crippen LogP contribution >= 0.6 is 0 Å². The summed E-state index contributed by atoms with van der Waals surface area (Å²) in [6.45, 7) is 0. The maximum absolute atomic E-state index is 15.0. The van der Waals surface area contributed by atoms with Crippen LogP contribution in [0.25, 0.3) is 44.4 Å². The normalized spacial score (nSPS) is 17.4. The standard InChI is InChI=1S/C45H29NOS/c47-48(34-16-2-1-3-17-34)44(29-32-13-4-11-24-43(32)46-48)33-15-12-14-30(27-33)31-25-26-38-37-20-7-10-23-41(37)45(42(38)28-31)39-21-8-5-18-35(39)36-19-6-9-22-40(36)45/h1-29H. The first-order valence-corrected chi connectivity index (χ1v) is 17.9. The van der Waals surface area contributed by atoms with Gasteiger partial charge in [0.15, 0.2) is 0 Å². The Kier molecular flexibility index (Phi) is 5.76. The highest BCUT2D eigenvalue weighted by Gasteiger charge is 2.51. The largest absolute Gasteiger partial charge is 0.239 e. The molecule has 1 atom stereocenters. The first-order chi connectivity index (χ1) is 23.7. The van der Waals surface area contributed by atoms with Gasteiger partial charge in [-0.25, -0.2) is 4.21 Å². The Hall–Kier alpha value is -5.77. The third kappa shape index (κ3) is 3.65. The number of hydrogen-bond donors (Lipinski definition) is 0. The van der Waals surface area contributed by atoms with Gasteiger partial charge in [0.25, 0.3) is 0 Å². The summed E-state index contributed by atoms with van der Waals surface area (Å²) in [6.07, 6.45) is 2.07. The SMILES string of the molecule is O=S1(c2ccccc2)=Nc2ccccc2C=C1c1cccc(-c2ccc3c(c2)C2(c4ccccc4-c4ccccc42)c2ccccc2-3)c1. The molecular weight excluding hydrogens is 603 g/mol. The number of nitrogens with zero attached hydrogens (tertiary/aromatic N) is 1.